The van der Waals surface area contributed by atoms with Crippen molar-refractivity contribution in [3.05, 3.63) is 71.3 Å². The number of methoxy groups -OCH3 is 1. The number of carbonyl (C=O) groups excluding carboxylic acids is 2. The van der Waals surface area contributed by atoms with Gasteiger partial charge in [-0.3, -0.25) is 14.5 Å². The summed E-state index contributed by atoms with van der Waals surface area (Å²) in [5, 5.41) is 14.3. The van der Waals surface area contributed by atoms with Crippen molar-refractivity contribution in [3.8, 4) is 5.75 Å². The van der Waals surface area contributed by atoms with Crippen LogP contribution in [0.1, 0.15) is 17.2 Å². The highest BCUT2D eigenvalue weighted by Gasteiger charge is 2.46. The van der Waals surface area contributed by atoms with E-state index in [0.717, 1.165) is 31.7 Å². The fraction of sp³-hybridized carbons (Fsp3) is 0.333. The van der Waals surface area contributed by atoms with Gasteiger partial charge in [0.25, 0.3) is 11.7 Å². The van der Waals surface area contributed by atoms with Crippen LogP contribution in [0, 0.1) is 0 Å². The summed E-state index contributed by atoms with van der Waals surface area (Å²) < 4.78 is 5.25. The molecular formula is C24H27N3O4. The van der Waals surface area contributed by atoms with Crippen LogP contribution < -0.4 is 10.1 Å². The second-order valence-electron chi connectivity index (χ2n) is 7.72. The molecule has 2 fully saturated rings. The maximum atomic E-state index is 13.0. The Hall–Kier alpha value is -3.16. The van der Waals surface area contributed by atoms with Gasteiger partial charge in [-0.1, -0.05) is 42.5 Å². The van der Waals surface area contributed by atoms with Crippen molar-refractivity contribution < 1.29 is 19.4 Å². The van der Waals surface area contributed by atoms with E-state index >= 15 is 0 Å². The van der Waals surface area contributed by atoms with Crippen LogP contribution >= 0.6 is 0 Å². The molecule has 0 radical (unpaired) electrons. The van der Waals surface area contributed by atoms with Crippen molar-refractivity contribution in [3.63, 3.8) is 0 Å². The molecule has 2 aliphatic heterocycles. The smallest absolute Gasteiger partial charge is 0.295 e. The predicted molar refractivity (Wildman–Crippen MR) is 118 cm³/mol. The largest absolute Gasteiger partial charge is 0.507 e. The van der Waals surface area contributed by atoms with Crippen LogP contribution in [-0.4, -0.2) is 73.0 Å². The molecule has 2 heterocycles. The maximum absolute atomic E-state index is 13.0. The van der Waals surface area contributed by atoms with Crippen LogP contribution in [-0.2, 0) is 9.59 Å². The van der Waals surface area contributed by atoms with Crippen LogP contribution in [0.3, 0.4) is 0 Å². The van der Waals surface area contributed by atoms with Crippen molar-refractivity contribution >= 4 is 17.4 Å². The Labute approximate surface area is 181 Å². The lowest BCUT2D eigenvalue weighted by Gasteiger charge is -2.31. The van der Waals surface area contributed by atoms with Crippen LogP contribution in [0.25, 0.3) is 5.76 Å². The molecule has 0 spiro atoms. The third-order valence-electron chi connectivity index (χ3n) is 5.89. The number of ether oxygens (including phenoxy) is 1. The normalized spacial score (nSPS) is 21.5. The average Bonchev–Trinajstić information content (AvgIpc) is 3.08. The second kappa shape index (κ2) is 9.32. The molecule has 0 bridgehead atoms. The van der Waals surface area contributed by atoms with Crippen LogP contribution in [0.5, 0.6) is 5.75 Å². The quantitative estimate of drug-likeness (QED) is 0.422. The Morgan fingerprint density at radius 3 is 2.35 bits per heavy atom. The number of benzene rings is 2. The molecule has 162 valence electrons. The van der Waals surface area contributed by atoms with Crippen molar-refractivity contribution in [1.82, 2.24) is 15.1 Å². The van der Waals surface area contributed by atoms with Gasteiger partial charge in [0.1, 0.15) is 11.5 Å². The number of carbonyl (C=O) groups is 2. The molecule has 0 aromatic heterocycles. The van der Waals surface area contributed by atoms with E-state index in [1.165, 1.54) is 0 Å². The number of nitrogens with zero attached hydrogens (tertiary/aromatic N) is 2. The summed E-state index contributed by atoms with van der Waals surface area (Å²) in [7, 11) is 1.59. The zero-order chi connectivity index (χ0) is 21.8. The van der Waals surface area contributed by atoms with Gasteiger partial charge in [0.05, 0.1) is 18.7 Å². The van der Waals surface area contributed by atoms with E-state index in [0.29, 0.717) is 24.4 Å². The van der Waals surface area contributed by atoms with Crippen LogP contribution in [0.15, 0.2) is 60.2 Å². The molecular weight excluding hydrogens is 394 g/mol. The predicted octanol–water partition coefficient (Wildman–Crippen LogP) is 2.02. The molecule has 1 unspecified atom stereocenters. The number of Topliss-reactive ketones (excluding diaryl/α,β-unsaturated/α-hetero) is 1. The van der Waals surface area contributed by atoms with E-state index in [1.54, 1.807) is 48.4 Å². The number of aliphatic hydroxyl groups is 1. The number of aliphatic hydroxyl groups excluding tert-OH is 1. The maximum Gasteiger partial charge on any atom is 0.295 e. The molecule has 2 saturated heterocycles. The number of nitrogens with one attached hydrogen (secondary N) is 1. The molecule has 0 saturated carbocycles. The minimum absolute atomic E-state index is 0.127. The molecule has 7 heteroatoms. The SMILES string of the molecule is COc1ccc(C2/C(=C(\O)c3ccccc3)C(=O)C(=O)N2CCN2CCNCC2)cc1. The van der Waals surface area contributed by atoms with Gasteiger partial charge in [-0.05, 0) is 17.7 Å². The van der Waals surface area contributed by atoms with E-state index in [9.17, 15) is 14.7 Å². The zero-order valence-corrected chi connectivity index (χ0v) is 17.6. The van der Waals surface area contributed by atoms with Crippen LogP contribution in [0.2, 0.25) is 0 Å². The molecule has 2 aromatic rings. The van der Waals surface area contributed by atoms with E-state index in [4.69, 9.17) is 4.74 Å². The van der Waals surface area contributed by atoms with E-state index in [2.05, 4.69) is 10.2 Å². The fourth-order valence-corrected chi connectivity index (χ4v) is 4.18. The summed E-state index contributed by atoms with van der Waals surface area (Å²) in [6.07, 6.45) is 0. The summed E-state index contributed by atoms with van der Waals surface area (Å²) in [4.78, 5) is 29.9. The number of hydrogen-bond acceptors (Lipinski definition) is 6. The molecule has 4 rings (SSSR count). The van der Waals surface area contributed by atoms with Crippen molar-refractivity contribution in [2.45, 2.75) is 6.04 Å². The number of piperazine rings is 1. The summed E-state index contributed by atoms with van der Waals surface area (Å²) in [6, 6.07) is 15.5. The third kappa shape index (κ3) is 4.33. The van der Waals surface area contributed by atoms with Gasteiger partial charge in [0, 0.05) is 44.8 Å². The summed E-state index contributed by atoms with van der Waals surface area (Å²) in [5.74, 6) is -0.690. The van der Waals surface area contributed by atoms with Gasteiger partial charge in [-0.25, -0.2) is 0 Å². The van der Waals surface area contributed by atoms with Gasteiger partial charge in [0.2, 0.25) is 0 Å². The minimum Gasteiger partial charge on any atom is -0.507 e. The number of likely N-dealkylation sites (tertiary alicyclic amines) is 1. The first kappa shape index (κ1) is 21.1. The summed E-state index contributed by atoms with van der Waals surface area (Å²) >= 11 is 0. The lowest BCUT2D eigenvalue weighted by atomic mass is 9.95. The molecule has 2 aliphatic rings. The molecule has 2 aromatic carbocycles. The molecule has 1 atom stereocenters. The van der Waals surface area contributed by atoms with Crippen LogP contribution in [0.4, 0.5) is 0 Å². The van der Waals surface area contributed by atoms with Gasteiger partial charge < -0.3 is 20.1 Å². The molecule has 7 nitrogen and oxygen atoms in total. The highest BCUT2D eigenvalue weighted by atomic mass is 16.5. The first-order valence-electron chi connectivity index (χ1n) is 10.5. The number of hydrogen-bond donors (Lipinski definition) is 2. The van der Waals surface area contributed by atoms with Crippen molar-refractivity contribution in [2.75, 3.05) is 46.4 Å². The Morgan fingerprint density at radius 1 is 1.03 bits per heavy atom. The van der Waals surface area contributed by atoms with E-state index in [-0.39, 0.29) is 11.3 Å². The van der Waals surface area contributed by atoms with Crippen molar-refractivity contribution in [1.29, 1.82) is 0 Å². The Bertz CT molecular complexity index is 966. The lowest BCUT2D eigenvalue weighted by Crippen LogP contribution is -2.46. The Balaban J connectivity index is 1.72. The number of ketones is 1. The highest BCUT2D eigenvalue weighted by molar-refractivity contribution is 6.46. The number of rotatable bonds is 6. The Kier molecular flexibility index (Phi) is 6.34. The highest BCUT2D eigenvalue weighted by Crippen LogP contribution is 2.39. The topological polar surface area (TPSA) is 82.1 Å². The monoisotopic (exact) mass is 421 g/mol. The second-order valence-corrected chi connectivity index (χ2v) is 7.72. The van der Waals surface area contributed by atoms with Gasteiger partial charge in [-0.2, -0.15) is 0 Å². The van der Waals surface area contributed by atoms with Gasteiger partial charge in [0.15, 0.2) is 0 Å². The van der Waals surface area contributed by atoms with E-state index in [1.807, 2.05) is 18.2 Å². The minimum atomic E-state index is -0.650. The average molecular weight is 421 g/mol. The summed E-state index contributed by atoms with van der Waals surface area (Å²) in [6.45, 7) is 4.71. The first-order valence-corrected chi connectivity index (χ1v) is 10.5. The zero-order valence-electron chi connectivity index (χ0n) is 17.6. The number of amides is 1. The third-order valence-corrected chi connectivity index (χ3v) is 5.89. The standard InChI is InChI=1S/C24H27N3O4/c1-31-19-9-7-17(8-10-19)21-20(22(28)18-5-3-2-4-6-18)23(29)24(30)27(21)16-15-26-13-11-25-12-14-26/h2-10,21,25,28H,11-16H2,1H3/b22-20+. The fourth-order valence-electron chi connectivity index (χ4n) is 4.18. The molecule has 1 amide bonds. The van der Waals surface area contributed by atoms with Gasteiger partial charge >= 0.3 is 0 Å². The lowest BCUT2D eigenvalue weighted by molar-refractivity contribution is -0.140. The molecule has 0 aliphatic carbocycles. The van der Waals surface area contributed by atoms with Gasteiger partial charge in [-0.15, -0.1) is 0 Å². The Morgan fingerprint density at radius 2 is 1.71 bits per heavy atom. The first-order chi connectivity index (χ1) is 15.1. The molecule has 2 N–H and O–H groups in total. The van der Waals surface area contributed by atoms with E-state index < -0.39 is 17.7 Å². The summed E-state index contributed by atoms with van der Waals surface area (Å²) in [5.41, 5.74) is 1.40. The molecule has 31 heavy (non-hydrogen) atoms. The van der Waals surface area contributed by atoms with Crippen molar-refractivity contribution in [2.24, 2.45) is 0 Å².